The molecule has 2 aromatic carbocycles. The van der Waals surface area contributed by atoms with Gasteiger partial charge in [-0.05, 0) is 24.3 Å². The van der Waals surface area contributed by atoms with Crippen molar-refractivity contribution in [1.82, 2.24) is 19.0 Å². The molecule has 172 valence electrons. The summed E-state index contributed by atoms with van der Waals surface area (Å²) in [6.45, 7) is 2.39. The van der Waals surface area contributed by atoms with Crippen LogP contribution in [0.4, 0.5) is 5.69 Å². The van der Waals surface area contributed by atoms with Crippen molar-refractivity contribution in [2.45, 2.75) is 17.1 Å². The standard InChI is InChI=1S/C22H23N5O4S2/c1-14-13-27(21(29)19-17-10-5-6-11-18(17)20(28)26(4)24-19)22(32-14)23-15-8-7-9-16(12-15)33(30,31)25(2)3/h5-12,14H,13H2,1-4H3. The van der Waals surface area contributed by atoms with Crippen LogP contribution in [0, 0.1) is 0 Å². The molecule has 9 nitrogen and oxygen atoms in total. The molecule has 0 spiro atoms. The number of hydrogen-bond donors (Lipinski definition) is 0. The Morgan fingerprint density at radius 2 is 1.85 bits per heavy atom. The van der Waals surface area contributed by atoms with E-state index in [1.807, 2.05) is 6.92 Å². The Morgan fingerprint density at radius 3 is 2.55 bits per heavy atom. The Kier molecular flexibility index (Phi) is 6.12. The lowest BCUT2D eigenvalue weighted by Crippen LogP contribution is -2.35. The highest BCUT2D eigenvalue weighted by atomic mass is 32.2. The summed E-state index contributed by atoms with van der Waals surface area (Å²) in [4.78, 5) is 32.2. The first-order valence-electron chi connectivity index (χ1n) is 10.2. The van der Waals surface area contributed by atoms with Crippen LogP contribution in [0.2, 0.25) is 0 Å². The second kappa shape index (κ2) is 8.73. The minimum atomic E-state index is -3.62. The summed E-state index contributed by atoms with van der Waals surface area (Å²) in [7, 11) is 0.828. The molecule has 2 heterocycles. The molecule has 1 aliphatic rings. The Hall–Kier alpha value is -3.02. The lowest BCUT2D eigenvalue weighted by molar-refractivity contribution is 0.0849. The number of benzene rings is 2. The molecule has 0 N–H and O–H groups in total. The van der Waals surface area contributed by atoms with Crippen molar-refractivity contribution < 1.29 is 13.2 Å². The Balaban J connectivity index is 1.77. The lowest BCUT2D eigenvalue weighted by atomic mass is 10.1. The van der Waals surface area contributed by atoms with E-state index in [1.165, 1.54) is 49.9 Å². The fourth-order valence-electron chi connectivity index (χ4n) is 3.49. The van der Waals surface area contributed by atoms with Gasteiger partial charge in [-0.3, -0.25) is 14.5 Å². The van der Waals surface area contributed by atoms with E-state index in [-0.39, 0.29) is 27.3 Å². The number of hydrogen-bond acceptors (Lipinski definition) is 7. The van der Waals surface area contributed by atoms with Crippen LogP contribution in [0.1, 0.15) is 17.4 Å². The number of aromatic nitrogens is 2. The summed E-state index contributed by atoms with van der Waals surface area (Å²) in [5.74, 6) is -0.366. The quantitative estimate of drug-likeness (QED) is 0.562. The van der Waals surface area contributed by atoms with Gasteiger partial charge in [0.05, 0.1) is 16.0 Å². The van der Waals surface area contributed by atoms with E-state index in [4.69, 9.17) is 0 Å². The van der Waals surface area contributed by atoms with E-state index >= 15 is 0 Å². The fourth-order valence-corrected chi connectivity index (χ4v) is 5.46. The predicted molar refractivity (Wildman–Crippen MR) is 129 cm³/mol. The number of sulfonamides is 1. The highest BCUT2D eigenvalue weighted by molar-refractivity contribution is 8.14. The van der Waals surface area contributed by atoms with Gasteiger partial charge in [-0.2, -0.15) is 5.10 Å². The molecule has 1 aromatic heterocycles. The van der Waals surface area contributed by atoms with Gasteiger partial charge in [0.25, 0.3) is 11.5 Å². The molecule has 3 aromatic rings. The molecule has 0 saturated carbocycles. The van der Waals surface area contributed by atoms with Crippen LogP contribution in [-0.4, -0.2) is 64.4 Å². The largest absolute Gasteiger partial charge is 0.285 e. The summed E-state index contributed by atoms with van der Waals surface area (Å²) in [5, 5.41) is 5.67. The monoisotopic (exact) mass is 485 g/mol. The fraction of sp³-hybridized carbons (Fsp3) is 0.273. The average molecular weight is 486 g/mol. The van der Waals surface area contributed by atoms with Crippen LogP contribution in [-0.2, 0) is 17.1 Å². The van der Waals surface area contributed by atoms with Crippen LogP contribution in [0.5, 0.6) is 0 Å². The molecule has 1 amide bonds. The molecule has 0 bridgehead atoms. The molecule has 0 aliphatic carbocycles. The number of carbonyl (C=O) groups excluding carboxylic acids is 1. The van der Waals surface area contributed by atoms with Crippen LogP contribution < -0.4 is 5.56 Å². The number of amidine groups is 1. The van der Waals surface area contributed by atoms with Crippen LogP contribution >= 0.6 is 11.8 Å². The molecular weight excluding hydrogens is 462 g/mol. The van der Waals surface area contributed by atoms with Crippen molar-refractivity contribution in [3.05, 3.63) is 64.6 Å². The number of fused-ring (bicyclic) bond motifs is 1. The minimum absolute atomic E-state index is 0.0835. The van der Waals surface area contributed by atoms with Gasteiger partial charge in [0.2, 0.25) is 10.0 Å². The second-order valence-corrected chi connectivity index (χ2v) is 11.4. The van der Waals surface area contributed by atoms with Crippen molar-refractivity contribution in [1.29, 1.82) is 0 Å². The number of nitrogens with zero attached hydrogens (tertiary/aromatic N) is 5. The van der Waals surface area contributed by atoms with Crippen LogP contribution in [0.25, 0.3) is 10.8 Å². The molecule has 11 heteroatoms. The van der Waals surface area contributed by atoms with Crippen molar-refractivity contribution in [3.63, 3.8) is 0 Å². The number of amides is 1. The zero-order valence-corrected chi connectivity index (χ0v) is 20.2. The predicted octanol–water partition coefficient (Wildman–Crippen LogP) is 2.45. The molecule has 1 fully saturated rings. The zero-order valence-electron chi connectivity index (χ0n) is 18.6. The first kappa shape index (κ1) is 23.1. The van der Waals surface area contributed by atoms with E-state index in [0.717, 1.165) is 8.99 Å². The maximum atomic E-state index is 13.5. The average Bonchev–Trinajstić information content (AvgIpc) is 3.15. The number of thioether (sulfide) groups is 1. The van der Waals surface area contributed by atoms with E-state index in [2.05, 4.69) is 10.1 Å². The number of aryl methyl sites for hydroxylation is 1. The lowest BCUT2D eigenvalue weighted by Gasteiger charge is -2.17. The third-order valence-corrected chi connectivity index (χ3v) is 8.09. The Labute approximate surface area is 195 Å². The summed E-state index contributed by atoms with van der Waals surface area (Å²) >= 11 is 1.42. The summed E-state index contributed by atoms with van der Waals surface area (Å²) in [6, 6.07) is 13.2. The van der Waals surface area contributed by atoms with E-state index < -0.39 is 10.0 Å². The summed E-state index contributed by atoms with van der Waals surface area (Å²) in [6.07, 6.45) is 0. The van der Waals surface area contributed by atoms with Crippen molar-refractivity contribution in [2.75, 3.05) is 20.6 Å². The second-order valence-electron chi connectivity index (χ2n) is 7.85. The normalized spacial score (nSPS) is 17.9. The molecule has 1 atom stereocenters. The van der Waals surface area contributed by atoms with Gasteiger partial charge in [-0.1, -0.05) is 43.0 Å². The molecule has 4 rings (SSSR count). The van der Waals surface area contributed by atoms with Gasteiger partial charge in [0.1, 0.15) is 0 Å². The van der Waals surface area contributed by atoms with Crippen molar-refractivity contribution in [2.24, 2.45) is 12.0 Å². The van der Waals surface area contributed by atoms with Crippen LogP contribution in [0.3, 0.4) is 0 Å². The maximum Gasteiger partial charge on any atom is 0.280 e. The number of carbonyl (C=O) groups is 1. The van der Waals surface area contributed by atoms with Crippen LogP contribution in [0.15, 0.2) is 63.2 Å². The topological polar surface area (TPSA) is 105 Å². The highest BCUT2D eigenvalue weighted by Crippen LogP contribution is 2.31. The highest BCUT2D eigenvalue weighted by Gasteiger charge is 2.33. The van der Waals surface area contributed by atoms with Gasteiger partial charge in [0, 0.05) is 38.3 Å². The number of aliphatic imine (C=N–C) groups is 1. The Morgan fingerprint density at radius 1 is 1.15 bits per heavy atom. The molecule has 1 aliphatic heterocycles. The van der Waals surface area contributed by atoms with Crippen molar-refractivity contribution >= 4 is 49.3 Å². The molecular formula is C22H23N5O4S2. The Bertz CT molecular complexity index is 1450. The zero-order chi connectivity index (χ0) is 23.9. The third-order valence-electron chi connectivity index (χ3n) is 5.20. The van der Waals surface area contributed by atoms with E-state index in [9.17, 15) is 18.0 Å². The molecule has 1 unspecified atom stereocenters. The van der Waals surface area contributed by atoms with Crippen molar-refractivity contribution in [3.8, 4) is 0 Å². The van der Waals surface area contributed by atoms with Gasteiger partial charge in [-0.15, -0.1) is 0 Å². The van der Waals surface area contributed by atoms with E-state index in [1.54, 1.807) is 36.4 Å². The first-order valence-corrected chi connectivity index (χ1v) is 12.5. The number of rotatable bonds is 4. The van der Waals surface area contributed by atoms with Gasteiger partial charge in [-0.25, -0.2) is 22.4 Å². The molecule has 1 saturated heterocycles. The summed E-state index contributed by atoms with van der Waals surface area (Å²) in [5.41, 5.74) is 0.309. The molecule has 33 heavy (non-hydrogen) atoms. The SMILES string of the molecule is CC1CN(C(=O)c2nn(C)c(=O)c3ccccc23)C(=Nc2cccc(S(=O)(=O)N(C)C)c2)S1. The van der Waals surface area contributed by atoms with Gasteiger partial charge in [0.15, 0.2) is 10.9 Å². The van der Waals surface area contributed by atoms with Gasteiger partial charge < -0.3 is 0 Å². The summed E-state index contributed by atoms with van der Waals surface area (Å²) < 4.78 is 27.3. The van der Waals surface area contributed by atoms with Gasteiger partial charge >= 0.3 is 0 Å². The van der Waals surface area contributed by atoms with E-state index in [0.29, 0.717) is 28.2 Å². The smallest absolute Gasteiger partial charge is 0.280 e. The first-order chi connectivity index (χ1) is 15.6. The third kappa shape index (κ3) is 4.31. The molecule has 0 radical (unpaired) electrons. The minimum Gasteiger partial charge on any atom is -0.285 e. The maximum absolute atomic E-state index is 13.5.